The predicted octanol–water partition coefficient (Wildman–Crippen LogP) is 5.82. The molecule has 0 atom stereocenters. The summed E-state index contributed by atoms with van der Waals surface area (Å²) in [5.41, 5.74) is 2.94. The number of imidazole rings is 1. The summed E-state index contributed by atoms with van der Waals surface area (Å²) in [5, 5.41) is 9.85. The Bertz CT molecular complexity index is 1340. The van der Waals surface area contributed by atoms with Gasteiger partial charge in [0, 0.05) is 18.7 Å². The van der Waals surface area contributed by atoms with E-state index in [2.05, 4.69) is 15.0 Å². The number of benzene rings is 1. The minimum atomic E-state index is -0.759. The van der Waals surface area contributed by atoms with Crippen molar-refractivity contribution >= 4 is 34.4 Å². The molecule has 3 aromatic rings. The van der Waals surface area contributed by atoms with Gasteiger partial charge in [-0.25, -0.2) is 9.37 Å². The zero-order chi connectivity index (χ0) is 26.2. The normalized spacial score (nSPS) is 18.8. The van der Waals surface area contributed by atoms with Crippen LogP contribution in [0.25, 0.3) is 22.4 Å². The summed E-state index contributed by atoms with van der Waals surface area (Å²) in [5.74, 6) is -0.966. The monoisotopic (exact) mass is 528 g/mol. The minimum absolute atomic E-state index is 0.130. The first-order valence-electron chi connectivity index (χ1n) is 12.5. The Morgan fingerprint density at radius 2 is 1.97 bits per heavy atom. The Hall–Kier alpha value is -3.17. The van der Waals surface area contributed by atoms with Crippen LogP contribution in [0, 0.1) is 17.2 Å². The lowest BCUT2D eigenvalue weighted by Gasteiger charge is -2.34. The number of H-pyrrole nitrogens is 1. The van der Waals surface area contributed by atoms with Crippen molar-refractivity contribution in [2.75, 3.05) is 31.2 Å². The average molecular weight is 529 g/mol. The lowest BCUT2D eigenvalue weighted by atomic mass is 9.70. The van der Waals surface area contributed by atoms with Gasteiger partial charge in [0.25, 0.3) is 0 Å². The number of aromatic nitrogens is 3. The molecule has 0 unspecified atom stereocenters. The van der Waals surface area contributed by atoms with Crippen LogP contribution in [-0.2, 0) is 9.53 Å². The summed E-state index contributed by atoms with van der Waals surface area (Å²) < 4.78 is 26.1. The van der Waals surface area contributed by atoms with Crippen molar-refractivity contribution < 1.29 is 23.8 Å². The van der Waals surface area contributed by atoms with Crippen LogP contribution in [0.1, 0.15) is 39.5 Å². The van der Waals surface area contributed by atoms with E-state index in [0.717, 1.165) is 31.3 Å². The smallest absolute Gasteiger partial charge is 0.309 e. The molecule has 8 nitrogen and oxygen atoms in total. The number of aromatic amines is 1. The second kappa shape index (κ2) is 10.3. The number of nitrogens with one attached hydrogen (secondary N) is 1. The summed E-state index contributed by atoms with van der Waals surface area (Å²) >= 11 is 6.51. The highest BCUT2D eigenvalue weighted by atomic mass is 35.5. The van der Waals surface area contributed by atoms with E-state index in [-0.39, 0.29) is 17.7 Å². The van der Waals surface area contributed by atoms with Crippen molar-refractivity contribution in [3.8, 4) is 17.3 Å². The van der Waals surface area contributed by atoms with Crippen molar-refractivity contribution in [2.45, 2.75) is 39.5 Å². The molecule has 5 rings (SSSR count). The number of pyridine rings is 1. The summed E-state index contributed by atoms with van der Waals surface area (Å²) in [7, 11) is 0. The van der Waals surface area contributed by atoms with Gasteiger partial charge in [-0.05, 0) is 69.2 Å². The molecular weight excluding hydrogens is 499 g/mol. The molecule has 2 N–H and O–H groups in total. The SMILES string of the molecule is CC(C)(C(=O)O)C1CCC(=COc2nc3nc(-c4ccc(N5CCOCC5)c(F)c4)c(Cl)cc3[nH]2)CC1. The fraction of sp³-hybridized carbons (Fsp3) is 0.444. The summed E-state index contributed by atoms with van der Waals surface area (Å²) in [6, 6.07) is 6.99. The third-order valence-corrected chi connectivity index (χ3v) is 7.80. The number of hydrogen-bond donors (Lipinski definition) is 2. The Morgan fingerprint density at radius 3 is 2.65 bits per heavy atom. The standard InChI is InChI=1S/C27H30ClFN4O4/c1-27(2,25(34)35)18-6-3-16(4-7-18)15-37-26-30-21-14-19(28)23(31-24(21)32-26)17-5-8-22(20(29)13-17)33-9-11-36-12-10-33/h5,8,13-15,18H,3-4,6-7,9-12H2,1-2H3,(H,34,35)(H,30,31,32). The summed E-state index contributed by atoms with van der Waals surface area (Å²) in [6.07, 6.45) is 4.85. The van der Waals surface area contributed by atoms with Crippen molar-refractivity contribution in [2.24, 2.45) is 11.3 Å². The fourth-order valence-corrected chi connectivity index (χ4v) is 5.27. The van der Waals surface area contributed by atoms with E-state index < -0.39 is 11.4 Å². The van der Waals surface area contributed by atoms with Gasteiger partial charge in [-0.1, -0.05) is 17.7 Å². The Morgan fingerprint density at radius 1 is 1.24 bits per heavy atom. The van der Waals surface area contributed by atoms with E-state index in [9.17, 15) is 14.3 Å². The van der Waals surface area contributed by atoms with Crippen molar-refractivity contribution in [3.05, 3.63) is 46.9 Å². The van der Waals surface area contributed by atoms with Gasteiger partial charge in [-0.3, -0.25) is 4.79 Å². The molecule has 1 saturated carbocycles. The highest BCUT2D eigenvalue weighted by Crippen LogP contribution is 2.40. The molecule has 0 amide bonds. The van der Waals surface area contributed by atoms with Crippen LogP contribution in [0.5, 0.6) is 6.01 Å². The highest BCUT2D eigenvalue weighted by Gasteiger charge is 2.37. The topological polar surface area (TPSA) is 101 Å². The maximum absolute atomic E-state index is 14.9. The highest BCUT2D eigenvalue weighted by molar-refractivity contribution is 6.33. The first-order chi connectivity index (χ1) is 17.7. The zero-order valence-corrected chi connectivity index (χ0v) is 21.6. The van der Waals surface area contributed by atoms with E-state index in [1.54, 1.807) is 32.2 Å². The van der Waals surface area contributed by atoms with Gasteiger partial charge in [-0.2, -0.15) is 4.98 Å². The largest absolute Gasteiger partial charge is 0.481 e. The average Bonchev–Trinajstić information content (AvgIpc) is 3.29. The number of anilines is 1. The molecule has 3 heterocycles. The second-order valence-electron chi connectivity index (χ2n) is 10.2. The van der Waals surface area contributed by atoms with Crippen LogP contribution < -0.4 is 9.64 Å². The number of carboxylic acid groups (broad SMARTS) is 1. The molecule has 1 aliphatic carbocycles. The zero-order valence-electron chi connectivity index (χ0n) is 20.9. The lowest BCUT2D eigenvalue weighted by molar-refractivity contribution is -0.150. The van der Waals surface area contributed by atoms with Gasteiger partial charge >= 0.3 is 12.0 Å². The number of aliphatic carboxylic acids is 1. The van der Waals surface area contributed by atoms with Gasteiger partial charge < -0.3 is 24.5 Å². The Balaban J connectivity index is 1.30. The van der Waals surface area contributed by atoms with Crippen LogP contribution in [0.15, 0.2) is 36.1 Å². The third-order valence-electron chi connectivity index (χ3n) is 7.51. The lowest BCUT2D eigenvalue weighted by Crippen LogP contribution is -2.36. The van der Waals surface area contributed by atoms with Gasteiger partial charge in [0.2, 0.25) is 0 Å². The van der Waals surface area contributed by atoms with Gasteiger partial charge in [0.05, 0.1) is 46.8 Å². The molecule has 196 valence electrons. The first-order valence-corrected chi connectivity index (χ1v) is 12.9. The summed E-state index contributed by atoms with van der Waals surface area (Å²) in [6.45, 7) is 6.03. The van der Waals surface area contributed by atoms with Crippen molar-refractivity contribution in [3.63, 3.8) is 0 Å². The maximum atomic E-state index is 14.9. The van der Waals surface area contributed by atoms with E-state index in [1.165, 1.54) is 6.07 Å². The summed E-state index contributed by atoms with van der Waals surface area (Å²) in [4.78, 5) is 25.6. The van der Waals surface area contributed by atoms with E-state index >= 15 is 0 Å². The number of ether oxygens (including phenoxy) is 2. The Labute approximate surface area is 219 Å². The molecule has 0 spiro atoms. The van der Waals surface area contributed by atoms with Crippen LogP contribution in [0.3, 0.4) is 0 Å². The molecular formula is C27H30ClFN4O4. The molecule has 1 saturated heterocycles. The maximum Gasteiger partial charge on any atom is 0.309 e. The number of rotatable bonds is 6. The van der Waals surface area contributed by atoms with Crippen LogP contribution in [0.4, 0.5) is 10.1 Å². The van der Waals surface area contributed by atoms with Crippen molar-refractivity contribution in [1.29, 1.82) is 0 Å². The molecule has 2 aliphatic rings. The molecule has 0 radical (unpaired) electrons. The van der Waals surface area contributed by atoms with Gasteiger partial charge in [0.1, 0.15) is 5.82 Å². The second-order valence-corrected chi connectivity index (χ2v) is 10.6. The molecule has 37 heavy (non-hydrogen) atoms. The number of allylic oxidation sites excluding steroid dienone is 1. The van der Waals surface area contributed by atoms with Crippen molar-refractivity contribution in [1.82, 2.24) is 15.0 Å². The number of fused-ring (bicyclic) bond motifs is 1. The quantitative estimate of drug-likeness (QED) is 0.389. The molecule has 1 aromatic carbocycles. The molecule has 2 fully saturated rings. The van der Waals surface area contributed by atoms with E-state index in [4.69, 9.17) is 21.1 Å². The Kier molecular flexibility index (Phi) is 7.09. The number of hydrogen-bond acceptors (Lipinski definition) is 6. The molecule has 2 aromatic heterocycles. The number of carbonyl (C=O) groups is 1. The van der Waals surface area contributed by atoms with Crippen LogP contribution in [-0.4, -0.2) is 52.3 Å². The van der Waals surface area contributed by atoms with Crippen LogP contribution in [0.2, 0.25) is 5.02 Å². The number of halogens is 2. The van der Waals surface area contributed by atoms with E-state index in [1.807, 2.05) is 11.0 Å². The molecule has 10 heteroatoms. The van der Waals surface area contributed by atoms with Gasteiger partial charge in [-0.15, -0.1) is 0 Å². The first kappa shape index (κ1) is 25.5. The minimum Gasteiger partial charge on any atom is -0.481 e. The third kappa shape index (κ3) is 5.29. The predicted molar refractivity (Wildman–Crippen MR) is 139 cm³/mol. The van der Waals surface area contributed by atoms with E-state index in [0.29, 0.717) is 59.4 Å². The number of nitrogens with zero attached hydrogens (tertiary/aromatic N) is 3. The number of carboxylic acids is 1. The number of morpholine rings is 1. The molecule has 0 bridgehead atoms. The van der Waals surface area contributed by atoms with Gasteiger partial charge in [0.15, 0.2) is 5.65 Å². The molecule has 1 aliphatic heterocycles. The van der Waals surface area contributed by atoms with Crippen LogP contribution >= 0.6 is 11.6 Å². The fourth-order valence-electron chi connectivity index (χ4n) is 5.01.